The normalized spacial score (nSPS) is 12.5. The van der Waals surface area contributed by atoms with Crippen molar-refractivity contribution in [3.05, 3.63) is 74.8 Å². The second kappa shape index (κ2) is 6.08. The van der Waals surface area contributed by atoms with E-state index < -0.39 is 6.10 Å². The Labute approximate surface area is 136 Å². The Bertz CT molecular complexity index is 875. The standard InChI is InChI=1S/C16H12Cl2N2O2/c17-11-3-1-10(2-4-11)15(21)8-20-9-19-14-6-5-12(18)7-13(14)16(20)22/h1-7,9,15,21H,8H2/t15-/m0/s1. The number of aliphatic hydroxyl groups is 1. The van der Waals surface area contributed by atoms with Crippen molar-refractivity contribution in [3.63, 3.8) is 0 Å². The molecule has 0 bridgehead atoms. The fourth-order valence-corrected chi connectivity index (χ4v) is 2.54. The minimum Gasteiger partial charge on any atom is -0.387 e. The molecule has 112 valence electrons. The number of fused-ring (bicyclic) bond motifs is 1. The Hall–Kier alpha value is -1.88. The van der Waals surface area contributed by atoms with Gasteiger partial charge in [0.05, 0.1) is 29.9 Å². The number of hydrogen-bond acceptors (Lipinski definition) is 3. The van der Waals surface area contributed by atoms with Gasteiger partial charge in [0, 0.05) is 10.0 Å². The van der Waals surface area contributed by atoms with E-state index in [-0.39, 0.29) is 12.1 Å². The molecule has 0 aliphatic heterocycles. The summed E-state index contributed by atoms with van der Waals surface area (Å²) in [6.07, 6.45) is 0.603. The third-order valence-corrected chi connectivity index (χ3v) is 3.90. The van der Waals surface area contributed by atoms with E-state index in [1.165, 1.54) is 10.9 Å². The van der Waals surface area contributed by atoms with E-state index >= 15 is 0 Å². The van der Waals surface area contributed by atoms with Crippen molar-refractivity contribution in [2.75, 3.05) is 0 Å². The Morgan fingerprint density at radius 1 is 1.09 bits per heavy atom. The van der Waals surface area contributed by atoms with Crippen molar-refractivity contribution in [2.45, 2.75) is 12.6 Å². The number of aromatic nitrogens is 2. The van der Waals surface area contributed by atoms with Crippen LogP contribution in [0.4, 0.5) is 0 Å². The molecular formula is C16H12Cl2N2O2. The van der Waals surface area contributed by atoms with Crippen LogP contribution in [0, 0.1) is 0 Å². The Kier molecular flexibility index (Phi) is 4.16. The summed E-state index contributed by atoms with van der Waals surface area (Å²) in [6, 6.07) is 11.8. The van der Waals surface area contributed by atoms with E-state index in [2.05, 4.69) is 4.98 Å². The van der Waals surface area contributed by atoms with Crippen LogP contribution in [0.25, 0.3) is 10.9 Å². The molecule has 0 aliphatic rings. The SMILES string of the molecule is O=c1c2cc(Cl)ccc2ncn1C[C@H](O)c1ccc(Cl)cc1. The predicted octanol–water partition coefficient (Wildman–Crippen LogP) is 3.44. The summed E-state index contributed by atoms with van der Waals surface area (Å²) in [5, 5.41) is 11.8. The van der Waals surface area contributed by atoms with Gasteiger partial charge >= 0.3 is 0 Å². The average Bonchev–Trinajstić information content (AvgIpc) is 2.51. The van der Waals surface area contributed by atoms with Crippen LogP contribution in [0.5, 0.6) is 0 Å². The Morgan fingerprint density at radius 3 is 2.50 bits per heavy atom. The summed E-state index contributed by atoms with van der Waals surface area (Å²) < 4.78 is 1.37. The maximum Gasteiger partial charge on any atom is 0.261 e. The minimum atomic E-state index is -0.826. The highest BCUT2D eigenvalue weighted by Gasteiger charge is 2.11. The van der Waals surface area contributed by atoms with Gasteiger partial charge in [-0.1, -0.05) is 35.3 Å². The zero-order valence-electron chi connectivity index (χ0n) is 11.4. The zero-order chi connectivity index (χ0) is 15.7. The molecular weight excluding hydrogens is 323 g/mol. The van der Waals surface area contributed by atoms with Gasteiger partial charge < -0.3 is 5.11 Å². The molecule has 22 heavy (non-hydrogen) atoms. The highest BCUT2D eigenvalue weighted by atomic mass is 35.5. The number of rotatable bonds is 3. The minimum absolute atomic E-state index is 0.107. The van der Waals surface area contributed by atoms with Gasteiger partial charge in [-0.15, -0.1) is 0 Å². The summed E-state index contributed by atoms with van der Waals surface area (Å²) in [7, 11) is 0. The van der Waals surface area contributed by atoms with E-state index in [4.69, 9.17) is 23.2 Å². The smallest absolute Gasteiger partial charge is 0.261 e. The molecule has 2 aromatic carbocycles. The molecule has 0 saturated carbocycles. The zero-order valence-corrected chi connectivity index (χ0v) is 12.9. The highest BCUT2D eigenvalue weighted by molar-refractivity contribution is 6.31. The maximum atomic E-state index is 12.4. The van der Waals surface area contributed by atoms with E-state index in [9.17, 15) is 9.90 Å². The van der Waals surface area contributed by atoms with Crippen LogP contribution in [-0.2, 0) is 6.54 Å². The fourth-order valence-electron chi connectivity index (χ4n) is 2.24. The number of benzene rings is 2. The van der Waals surface area contributed by atoms with E-state index in [1.54, 1.807) is 42.5 Å². The largest absolute Gasteiger partial charge is 0.387 e. The van der Waals surface area contributed by atoms with Crippen LogP contribution in [-0.4, -0.2) is 14.7 Å². The van der Waals surface area contributed by atoms with Crippen LogP contribution >= 0.6 is 23.2 Å². The quantitative estimate of drug-likeness (QED) is 0.798. The van der Waals surface area contributed by atoms with Gasteiger partial charge in [0.2, 0.25) is 0 Å². The van der Waals surface area contributed by atoms with E-state index in [0.29, 0.717) is 26.5 Å². The summed E-state index contributed by atoms with van der Waals surface area (Å²) in [5.74, 6) is 0. The summed E-state index contributed by atoms with van der Waals surface area (Å²) >= 11 is 11.7. The lowest BCUT2D eigenvalue weighted by molar-refractivity contribution is 0.155. The molecule has 0 amide bonds. The molecule has 3 rings (SSSR count). The molecule has 1 aromatic heterocycles. The maximum absolute atomic E-state index is 12.4. The van der Waals surface area contributed by atoms with Crippen molar-refractivity contribution < 1.29 is 5.11 Å². The van der Waals surface area contributed by atoms with Crippen molar-refractivity contribution in [1.82, 2.24) is 9.55 Å². The van der Waals surface area contributed by atoms with Gasteiger partial charge in [0.15, 0.2) is 0 Å². The van der Waals surface area contributed by atoms with Crippen molar-refractivity contribution in [1.29, 1.82) is 0 Å². The molecule has 1 atom stereocenters. The first-order valence-corrected chi connectivity index (χ1v) is 7.38. The third kappa shape index (κ3) is 2.99. The van der Waals surface area contributed by atoms with Gasteiger partial charge in [0.25, 0.3) is 5.56 Å². The van der Waals surface area contributed by atoms with Crippen molar-refractivity contribution >= 4 is 34.1 Å². The number of halogens is 2. The van der Waals surface area contributed by atoms with Crippen LogP contribution in [0.15, 0.2) is 53.6 Å². The van der Waals surface area contributed by atoms with E-state index in [1.807, 2.05) is 0 Å². The van der Waals surface area contributed by atoms with Gasteiger partial charge in [-0.05, 0) is 35.9 Å². The molecule has 0 unspecified atom stereocenters. The second-order valence-corrected chi connectivity index (χ2v) is 5.80. The summed E-state index contributed by atoms with van der Waals surface area (Å²) in [6.45, 7) is 0.107. The van der Waals surface area contributed by atoms with Crippen LogP contribution in [0.1, 0.15) is 11.7 Å². The first-order chi connectivity index (χ1) is 10.5. The van der Waals surface area contributed by atoms with Gasteiger partial charge in [-0.3, -0.25) is 9.36 Å². The predicted molar refractivity (Wildman–Crippen MR) is 87.4 cm³/mol. The molecule has 6 heteroatoms. The monoisotopic (exact) mass is 334 g/mol. The fraction of sp³-hybridized carbons (Fsp3) is 0.125. The molecule has 0 saturated heterocycles. The molecule has 0 radical (unpaired) electrons. The first-order valence-electron chi connectivity index (χ1n) is 6.63. The molecule has 3 aromatic rings. The highest BCUT2D eigenvalue weighted by Crippen LogP contribution is 2.18. The van der Waals surface area contributed by atoms with Crippen molar-refractivity contribution in [2.24, 2.45) is 0 Å². The van der Waals surface area contributed by atoms with E-state index in [0.717, 1.165) is 0 Å². The number of nitrogens with zero attached hydrogens (tertiary/aromatic N) is 2. The molecule has 0 spiro atoms. The molecule has 0 aliphatic carbocycles. The number of aliphatic hydroxyl groups excluding tert-OH is 1. The molecule has 1 heterocycles. The van der Waals surface area contributed by atoms with Gasteiger partial charge in [0.1, 0.15) is 0 Å². The Balaban J connectivity index is 1.95. The van der Waals surface area contributed by atoms with Crippen molar-refractivity contribution in [3.8, 4) is 0 Å². The molecule has 0 fully saturated rings. The average molecular weight is 335 g/mol. The first kappa shape index (κ1) is 15.0. The van der Waals surface area contributed by atoms with Gasteiger partial charge in [-0.25, -0.2) is 4.98 Å². The summed E-state index contributed by atoms with van der Waals surface area (Å²) in [4.78, 5) is 16.6. The van der Waals surface area contributed by atoms with Gasteiger partial charge in [-0.2, -0.15) is 0 Å². The van der Waals surface area contributed by atoms with Crippen LogP contribution < -0.4 is 5.56 Å². The molecule has 1 N–H and O–H groups in total. The summed E-state index contributed by atoms with van der Waals surface area (Å²) in [5.41, 5.74) is 1.02. The van der Waals surface area contributed by atoms with Crippen LogP contribution in [0.2, 0.25) is 10.0 Å². The lowest BCUT2D eigenvalue weighted by atomic mass is 10.1. The lowest BCUT2D eigenvalue weighted by Crippen LogP contribution is -2.23. The third-order valence-electron chi connectivity index (χ3n) is 3.41. The number of hydrogen-bond donors (Lipinski definition) is 1. The molecule has 4 nitrogen and oxygen atoms in total. The van der Waals surface area contributed by atoms with Crippen LogP contribution in [0.3, 0.4) is 0 Å². The Morgan fingerprint density at radius 2 is 1.77 bits per heavy atom. The topological polar surface area (TPSA) is 55.1 Å². The lowest BCUT2D eigenvalue weighted by Gasteiger charge is -2.13. The second-order valence-electron chi connectivity index (χ2n) is 4.93.